The molecule has 3 atom stereocenters. The van der Waals surface area contributed by atoms with E-state index in [1.54, 1.807) is 6.92 Å². The van der Waals surface area contributed by atoms with Crippen molar-refractivity contribution in [3.63, 3.8) is 0 Å². The van der Waals surface area contributed by atoms with Gasteiger partial charge < -0.3 is 9.84 Å². The standard InChI is InChI=1S/C9H15BO3/c1-2-9(12)13-5-6-3-7(10)4-8(6)11/h6-8,11H,2-5H2,1H3/t6-,7-,8?/m0/s1. The number of hydrogen-bond donors (Lipinski definition) is 1. The number of rotatable bonds is 3. The molecule has 72 valence electrons. The van der Waals surface area contributed by atoms with E-state index >= 15 is 0 Å². The summed E-state index contributed by atoms with van der Waals surface area (Å²) >= 11 is 0. The van der Waals surface area contributed by atoms with Gasteiger partial charge in [0.1, 0.15) is 0 Å². The molecule has 4 heteroatoms. The van der Waals surface area contributed by atoms with E-state index in [2.05, 4.69) is 0 Å². The maximum absolute atomic E-state index is 10.8. The van der Waals surface area contributed by atoms with Gasteiger partial charge in [-0.3, -0.25) is 4.79 Å². The maximum atomic E-state index is 10.8. The van der Waals surface area contributed by atoms with Crippen molar-refractivity contribution in [3.8, 4) is 0 Å². The predicted octanol–water partition coefficient (Wildman–Crippen LogP) is 0.667. The van der Waals surface area contributed by atoms with E-state index < -0.39 is 6.10 Å². The van der Waals surface area contributed by atoms with Crippen LogP contribution in [0.5, 0.6) is 0 Å². The van der Waals surface area contributed by atoms with Crippen LogP contribution in [0.15, 0.2) is 0 Å². The van der Waals surface area contributed by atoms with Gasteiger partial charge in [0.15, 0.2) is 0 Å². The van der Waals surface area contributed by atoms with E-state index in [1.807, 2.05) is 0 Å². The molecule has 0 aromatic heterocycles. The molecule has 1 unspecified atom stereocenters. The zero-order chi connectivity index (χ0) is 9.84. The fraction of sp³-hybridized carbons (Fsp3) is 0.889. The minimum Gasteiger partial charge on any atom is -0.465 e. The Balaban J connectivity index is 2.25. The lowest BCUT2D eigenvalue weighted by molar-refractivity contribution is -0.145. The van der Waals surface area contributed by atoms with Gasteiger partial charge in [0.25, 0.3) is 0 Å². The molecule has 1 N–H and O–H groups in total. The molecule has 0 aromatic rings. The van der Waals surface area contributed by atoms with Crippen molar-refractivity contribution in [2.24, 2.45) is 5.92 Å². The van der Waals surface area contributed by atoms with Crippen molar-refractivity contribution in [1.82, 2.24) is 0 Å². The highest BCUT2D eigenvalue weighted by atomic mass is 16.5. The minimum absolute atomic E-state index is 0.0329. The van der Waals surface area contributed by atoms with Crippen LogP contribution >= 0.6 is 0 Å². The number of ether oxygens (including phenoxy) is 1. The fourth-order valence-corrected chi connectivity index (χ4v) is 1.63. The third kappa shape index (κ3) is 3.03. The van der Waals surface area contributed by atoms with Gasteiger partial charge in [0, 0.05) is 12.3 Å². The summed E-state index contributed by atoms with van der Waals surface area (Å²) in [6, 6.07) is 0. The van der Waals surface area contributed by atoms with Crippen molar-refractivity contribution in [1.29, 1.82) is 0 Å². The SMILES string of the molecule is [B][C@@H]1CC(O)[C@H](COC(=O)CC)C1. The zero-order valence-corrected chi connectivity index (χ0v) is 7.90. The summed E-state index contributed by atoms with van der Waals surface area (Å²) in [5, 5.41) is 9.47. The quantitative estimate of drug-likeness (QED) is 0.515. The molecule has 13 heavy (non-hydrogen) atoms. The molecule has 3 nitrogen and oxygen atoms in total. The molecule has 1 saturated carbocycles. The van der Waals surface area contributed by atoms with Gasteiger partial charge >= 0.3 is 5.97 Å². The molecule has 0 aromatic carbocycles. The first-order valence-electron chi connectivity index (χ1n) is 4.72. The average molecular weight is 182 g/mol. The third-order valence-electron chi connectivity index (χ3n) is 2.44. The van der Waals surface area contributed by atoms with Crippen LogP contribution in [-0.4, -0.2) is 31.6 Å². The van der Waals surface area contributed by atoms with Gasteiger partial charge in [-0.05, 0) is 12.8 Å². The lowest BCUT2D eigenvalue weighted by atomic mass is 9.85. The molecular weight excluding hydrogens is 167 g/mol. The summed E-state index contributed by atoms with van der Waals surface area (Å²) in [7, 11) is 5.65. The van der Waals surface area contributed by atoms with Crippen LogP contribution in [-0.2, 0) is 9.53 Å². The summed E-state index contributed by atoms with van der Waals surface area (Å²) in [6.45, 7) is 2.06. The second kappa shape index (κ2) is 4.65. The van der Waals surface area contributed by atoms with Crippen LogP contribution in [0.4, 0.5) is 0 Å². The Morgan fingerprint density at radius 3 is 2.77 bits per heavy atom. The minimum atomic E-state index is -0.403. The van der Waals surface area contributed by atoms with Crippen molar-refractivity contribution < 1.29 is 14.6 Å². The summed E-state index contributed by atoms with van der Waals surface area (Å²) < 4.78 is 4.94. The molecule has 1 aliphatic rings. The first-order chi connectivity index (χ1) is 6.13. The molecule has 1 rings (SSSR count). The number of esters is 1. The van der Waals surface area contributed by atoms with E-state index in [0.29, 0.717) is 19.4 Å². The molecule has 0 spiro atoms. The molecule has 0 saturated heterocycles. The van der Waals surface area contributed by atoms with E-state index in [9.17, 15) is 9.90 Å². The summed E-state index contributed by atoms with van der Waals surface area (Å²) in [5.41, 5.74) is 0. The number of carbonyl (C=O) groups is 1. The van der Waals surface area contributed by atoms with Crippen molar-refractivity contribution in [2.45, 2.75) is 38.1 Å². The predicted molar refractivity (Wildman–Crippen MR) is 49.5 cm³/mol. The number of aliphatic hydroxyl groups excluding tert-OH is 1. The van der Waals surface area contributed by atoms with Gasteiger partial charge in [-0.15, -0.1) is 0 Å². The van der Waals surface area contributed by atoms with E-state index in [4.69, 9.17) is 12.6 Å². The van der Waals surface area contributed by atoms with Crippen molar-refractivity contribution in [2.75, 3.05) is 6.61 Å². The Labute approximate surface area is 79.9 Å². The molecule has 1 aliphatic carbocycles. The number of carbonyl (C=O) groups excluding carboxylic acids is 1. The summed E-state index contributed by atoms with van der Waals surface area (Å²) in [6.07, 6.45) is 1.35. The van der Waals surface area contributed by atoms with Crippen LogP contribution in [0.2, 0.25) is 5.82 Å². The Hall–Kier alpha value is -0.505. The highest BCUT2D eigenvalue weighted by Gasteiger charge is 2.30. The first kappa shape index (κ1) is 10.6. The Morgan fingerprint density at radius 1 is 1.62 bits per heavy atom. The van der Waals surface area contributed by atoms with E-state index in [1.165, 1.54) is 0 Å². The lowest BCUT2D eigenvalue weighted by Gasteiger charge is -2.13. The first-order valence-corrected chi connectivity index (χ1v) is 4.72. The van der Waals surface area contributed by atoms with Crippen LogP contribution in [0.1, 0.15) is 26.2 Å². The van der Waals surface area contributed by atoms with Gasteiger partial charge in [-0.1, -0.05) is 12.7 Å². The van der Waals surface area contributed by atoms with Gasteiger partial charge in [-0.25, -0.2) is 0 Å². The van der Waals surface area contributed by atoms with Crippen LogP contribution < -0.4 is 0 Å². The largest absolute Gasteiger partial charge is 0.465 e. The van der Waals surface area contributed by atoms with Crippen LogP contribution in [0, 0.1) is 5.92 Å². The van der Waals surface area contributed by atoms with E-state index in [0.717, 1.165) is 6.42 Å². The zero-order valence-electron chi connectivity index (χ0n) is 7.90. The van der Waals surface area contributed by atoms with Crippen molar-refractivity contribution >= 4 is 13.8 Å². The lowest BCUT2D eigenvalue weighted by Crippen LogP contribution is -2.20. The Kier molecular flexibility index (Phi) is 3.79. The molecule has 0 aliphatic heterocycles. The molecule has 0 heterocycles. The highest BCUT2D eigenvalue weighted by Crippen LogP contribution is 2.33. The van der Waals surface area contributed by atoms with Crippen molar-refractivity contribution in [3.05, 3.63) is 0 Å². The van der Waals surface area contributed by atoms with Gasteiger partial charge in [0.05, 0.1) is 20.6 Å². The van der Waals surface area contributed by atoms with Crippen LogP contribution in [0.3, 0.4) is 0 Å². The highest BCUT2D eigenvalue weighted by molar-refractivity contribution is 6.11. The number of aliphatic hydroxyl groups is 1. The Bertz CT molecular complexity index is 184. The molecule has 2 radical (unpaired) electrons. The summed E-state index contributed by atoms with van der Waals surface area (Å²) in [4.78, 5) is 10.8. The smallest absolute Gasteiger partial charge is 0.305 e. The normalized spacial score (nSPS) is 33.2. The molecule has 0 amide bonds. The van der Waals surface area contributed by atoms with Gasteiger partial charge in [-0.2, -0.15) is 0 Å². The van der Waals surface area contributed by atoms with Crippen LogP contribution in [0.25, 0.3) is 0 Å². The Morgan fingerprint density at radius 2 is 2.31 bits per heavy atom. The topological polar surface area (TPSA) is 46.5 Å². The summed E-state index contributed by atoms with van der Waals surface area (Å²) in [5.74, 6) is -0.126. The second-order valence-electron chi connectivity index (χ2n) is 3.60. The van der Waals surface area contributed by atoms with Gasteiger partial charge in [0.2, 0.25) is 0 Å². The molecule has 0 bridgehead atoms. The molecular formula is C9H15BO3. The van der Waals surface area contributed by atoms with E-state index in [-0.39, 0.29) is 17.7 Å². The number of hydrogen-bond acceptors (Lipinski definition) is 3. The fourth-order valence-electron chi connectivity index (χ4n) is 1.63. The molecule has 1 fully saturated rings. The third-order valence-corrected chi connectivity index (χ3v) is 2.44. The average Bonchev–Trinajstić information content (AvgIpc) is 2.41. The second-order valence-corrected chi connectivity index (χ2v) is 3.60. The monoisotopic (exact) mass is 182 g/mol. The maximum Gasteiger partial charge on any atom is 0.305 e.